The maximum Gasteiger partial charge on any atom is 0.361 e. The molecule has 9 nitrogen and oxygen atoms in total. The Kier molecular flexibility index (Phi) is 69.2. The van der Waals surface area contributed by atoms with E-state index >= 15 is 0 Å². The number of rotatable bonds is 69. The van der Waals surface area contributed by atoms with Crippen LogP contribution in [0.4, 0.5) is 0 Å². The summed E-state index contributed by atoms with van der Waals surface area (Å²) < 4.78 is 23.0. The second kappa shape index (κ2) is 73.0. The second-order valence-electron chi connectivity index (χ2n) is 26.2. The quantitative estimate of drug-likeness (QED) is 0.0211. The first kappa shape index (κ1) is 88.2. The van der Waals surface area contributed by atoms with Gasteiger partial charge in [0, 0.05) is 12.8 Å². The number of carboxylic acid groups (broad SMARTS) is 1. The molecule has 0 aliphatic heterocycles. The van der Waals surface area contributed by atoms with E-state index in [9.17, 15) is 19.5 Å². The minimum atomic E-state index is -1.52. The van der Waals surface area contributed by atoms with E-state index in [2.05, 4.69) is 160 Å². The van der Waals surface area contributed by atoms with Crippen molar-refractivity contribution >= 4 is 17.9 Å². The van der Waals surface area contributed by atoms with Crippen molar-refractivity contribution in [2.45, 2.75) is 322 Å². The van der Waals surface area contributed by atoms with Gasteiger partial charge in [-0.05, 0) is 122 Å². The van der Waals surface area contributed by atoms with Crippen molar-refractivity contribution < 1.29 is 42.9 Å². The van der Waals surface area contributed by atoms with E-state index in [1.807, 2.05) is 21.1 Å². The van der Waals surface area contributed by atoms with Crippen molar-refractivity contribution in [3.05, 3.63) is 146 Å². The molecule has 0 fully saturated rings. The molecule has 0 aromatic rings. The first-order valence-corrected chi connectivity index (χ1v) is 38.0. The number of carboxylic acids is 1. The third-order valence-corrected chi connectivity index (χ3v) is 16.1. The predicted octanol–water partition coefficient (Wildman–Crippen LogP) is 24.3. The van der Waals surface area contributed by atoms with Crippen LogP contribution in [0.15, 0.2) is 146 Å². The van der Waals surface area contributed by atoms with Crippen LogP contribution >= 0.6 is 0 Å². The van der Waals surface area contributed by atoms with Crippen molar-refractivity contribution in [1.29, 1.82) is 0 Å². The summed E-state index contributed by atoms with van der Waals surface area (Å²) in [6.45, 7) is 4.75. The van der Waals surface area contributed by atoms with Gasteiger partial charge in [-0.15, -0.1) is 0 Å². The lowest BCUT2D eigenvalue weighted by molar-refractivity contribution is -0.870. The predicted molar refractivity (Wildman–Crippen MR) is 400 cm³/mol. The van der Waals surface area contributed by atoms with Gasteiger partial charge in [-0.3, -0.25) is 9.59 Å². The zero-order chi connectivity index (χ0) is 67.5. The van der Waals surface area contributed by atoms with Crippen molar-refractivity contribution in [2.24, 2.45) is 0 Å². The summed E-state index contributed by atoms with van der Waals surface area (Å²) in [5.41, 5.74) is 0. The fraction of sp³-hybridized carbons (Fsp3) is 0.679. The largest absolute Gasteiger partial charge is 0.477 e. The Labute approximate surface area is 572 Å². The van der Waals surface area contributed by atoms with Crippen molar-refractivity contribution in [3.63, 3.8) is 0 Å². The number of unbranched alkanes of at least 4 members (excludes halogenated alkanes) is 30. The molecule has 9 heteroatoms. The summed E-state index contributed by atoms with van der Waals surface area (Å²) >= 11 is 0. The fourth-order valence-corrected chi connectivity index (χ4v) is 10.3. The molecule has 0 aliphatic carbocycles. The number of hydrogen-bond acceptors (Lipinski definition) is 7. The highest BCUT2D eigenvalue weighted by Crippen LogP contribution is 2.17. The van der Waals surface area contributed by atoms with E-state index in [0.717, 1.165) is 116 Å². The summed E-state index contributed by atoms with van der Waals surface area (Å²) in [5.74, 6) is -2.02. The van der Waals surface area contributed by atoms with Crippen LogP contribution in [0.1, 0.15) is 309 Å². The highest BCUT2D eigenvalue weighted by Gasteiger charge is 2.25. The van der Waals surface area contributed by atoms with Gasteiger partial charge in [-0.25, -0.2) is 4.79 Å². The number of carbonyl (C=O) groups is 3. The molecule has 0 bridgehead atoms. The van der Waals surface area contributed by atoms with Crippen LogP contribution in [0.3, 0.4) is 0 Å². The monoisotopic (exact) mass is 1290 g/mol. The lowest BCUT2D eigenvalue weighted by Crippen LogP contribution is -2.40. The van der Waals surface area contributed by atoms with Crippen LogP contribution in [0.5, 0.6) is 0 Å². The summed E-state index contributed by atoms with van der Waals surface area (Å²) in [4.78, 5) is 37.7. The molecule has 0 amide bonds. The molecule has 0 aromatic carbocycles. The van der Waals surface area contributed by atoms with Gasteiger partial charge in [0.05, 0.1) is 34.4 Å². The number of allylic oxidation sites excluding steroid dienone is 24. The van der Waals surface area contributed by atoms with Crippen molar-refractivity contribution in [2.75, 3.05) is 47.5 Å². The Bertz CT molecular complexity index is 2040. The Hall–Kier alpha value is -4.83. The molecule has 2 atom stereocenters. The van der Waals surface area contributed by atoms with Crippen molar-refractivity contribution in [3.8, 4) is 0 Å². The smallest absolute Gasteiger partial charge is 0.361 e. The van der Waals surface area contributed by atoms with Gasteiger partial charge in [-0.2, -0.15) is 0 Å². The van der Waals surface area contributed by atoms with Gasteiger partial charge >= 0.3 is 17.9 Å². The maximum absolute atomic E-state index is 13.0. The van der Waals surface area contributed by atoms with Gasteiger partial charge in [0.1, 0.15) is 13.2 Å². The molecule has 0 heterocycles. The molecule has 2 unspecified atom stereocenters. The number of likely N-dealkylation sites (N-methyl/N-ethyl adjacent to an activating group) is 1. The van der Waals surface area contributed by atoms with Crippen LogP contribution in [0.2, 0.25) is 0 Å². The number of hydrogen-bond donors (Lipinski definition) is 1. The average molecular weight is 1290 g/mol. The lowest BCUT2D eigenvalue weighted by Gasteiger charge is -2.25. The minimum absolute atomic E-state index is 0.179. The summed E-state index contributed by atoms with van der Waals surface area (Å²) in [6.07, 6.45) is 104. The summed E-state index contributed by atoms with van der Waals surface area (Å²) in [5, 5.41) is 9.76. The maximum atomic E-state index is 13.0. The number of esters is 2. The third kappa shape index (κ3) is 74.4. The van der Waals surface area contributed by atoms with Gasteiger partial charge < -0.3 is 28.5 Å². The molecule has 1 N–H and O–H groups in total. The number of ether oxygens (including phenoxy) is 4. The van der Waals surface area contributed by atoms with E-state index < -0.39 is 24.3 Å². The molecular weight excluding hydrogens is 1150 g/mol. The molecule has 0 radical (unpaired) electrons. The van der Waals surface area contributed by atoms with Gasteiger partial charge in [0.25, 0.3) is 6.29 Å². The molecular formula is C84H142NO8+. The molecule has 0 saturated carbocycles. The first-order valence-electron chi connectivity index (χ1n) is 38.0. The van der Waals surface area contributed by atoms with Crippen LogP contribution in [0, 0.1) is 0 Å². The average Bonchev–Trinajstić information content (AvgIpc) is 3.74. The molecule has 0 spiro atoms. The summed E-state index contributed by atoms with van der Waals surface area (Å²) in [7, 11) is 5.97. The molecule has 0 rings (SSSR count). The molecule has 530 valence electrons. The van der Waals surface area contributed by atoms with Crippen LogP contribution in [-0.2, 0) is 33.3 Å². The number of nitrogens with zero attached hydrogens (tertiary/aromatic N) is 1. The Morgan fingerprint density at radius 3 is 0.914 bits per heavy atom. The normalized spacial score (nSPS) is 13.5. The van der Waals surface area contributed by atoms with Gasteiger partial charge in [0.2, 0.25) is 0 Å². The Balaban J connectivity index is 4.14. The lowest BCUT2D eigenvalue weighted by atomic mass is 10.0. The molecule has 0 aromatic heterocycles. The second-order valence-corrected chi connectivity index (χ2v) is 26.2. The number of quaternary nitrogens is 1. The van der Waals surface area contributed by atoms with Gasteiger partial charge in [0.15, 0.2) is 6.10 Å². The first-order chi connectivity index (χ1) is 45.6. The van der Waals surface area contributed by atoms with E-state index in [1.165, 1.54) is 161 Å². The van der Waals surface area contributed by atoms with Crippen LogP contribution < -0.4 is 0 Å². The van der Waals surface area contributed by atoms with Gasteiger partial charge in [-0.1, -0.05) is 320 Å². The topological polar surface area (TPSA) is 108 Å². The zero-order valence-electron chi connectivity index (χ0n) is 60.6. The Morgan fingerprint density at radius 1 is 0.333 bits per heavy atom. The number of aliphatic carboxylic acids is 1. The Morgan fingerprint density at radius 2 is 0.613 bits per heavy atom. The minimum Gasteiger partial charge on any atom is -0.477 e. The zero-order valence-corrected chi connectivity index (χ0v) is 60.6. The van der Waals surface area contributed by atoms with E-state index in [0.29, 0.717) is 23.9 Å². The molecule has 0 saturated heterocycles. The van der Waals surface area contributed by atoms with Crippen molar-refractivity contribution in [1.82, 2.24) is 0 Å². The SMILES string of the molecule is CC/C=C\C/C=C\C/C=C\C/C=C\C/C=C\C/C=C\C/C=C\C/C=C\C/C=C\CCCCCCCCCC(=O)OC(COC(=O)CCCCCCCCCCCCCCCCCCCC/C=C\C/C=C\C/C=C\CCCCCCC)COC(OCC[N+](C)(C)C)C(=O)O. The summed E-state index contributed by atoms with van der Waals surface area (Å²) in [6, 6.07) is 0. The van der Waals surface area contributed by atoms with E-state index in [-0.39, 0.29) is 32.2 Å². The third-order valence-electron chi connectivity index (χ3n) is 16.1. The molecule has 0 aliphatic rings. The highest BCUT2D eigenvalue weighted by atomic mass is 16.7. The van der Waals surface area contributed by atoms with E-state index in [1.54, 1.807) is 0 Å². The highest BCUT2D eigenvalue weighted by molar-refractivity contribution is 5.71. The fourth-order valence-electron chi connectivity index (χ4n) is 10.3. The van der Waals surface area contributed by atoms with Crippen LogP contribution in [0.25, 0.3) is 0 Å². The number of carbonyl (C=O) groups excluding carboxylic acids is 2. The van der Waals surface area contributed by atoms with Crippen LogP contribution in [-0.4, -0.2) is 87.4 Å². The molecule has 93 heavy (non-hydrogen) atoms. The standard InChI is InChI=1S/C84H141NO8/c1-6-8-10-12-14-16-18-20-22-24-26-28-30-32-34-36-38-40-41-43-45-47-49-51-53-55-57-59-61-63-65-67-69-71-73-75-82(87)93-80(79-92-84(83(88)89)90-77-76-85(3,4)5)78-91-81(86)74-72-70-68-66-64-62-60-58-56-54-52-50-48-46-44-42-39-37-35-33-31-29-27-25-23-21-19-17-15-13-11-9-7-2/h8,10,14,16,19-22,25-28,31-34,38,40,43,45,49,51,55,57,80,84H,6-7,9,11-13,15,17-18,23-24,29-30,35-37,39,41-42,44,46-48,50,52-54,56,58-79H2,1-5H3/p+1/b10-8-,16-14-,21-19-,22-20-,27-25-,28-26-,33-31-,34-32-,40-38-,45-43-,51-49-,57-55-. The van der Waals surface area contributed by atoms with E-state index in [4.69, 9.17) is 18.9 Å².